The molecule has 0 fully saturated rings. The van der Waals surface area contributed by atoms with Crippen LogP contribution in [0.25, 0.3) is 5.82 Å². The molecule has 6 nitrogen and oxygen atoms in total. The third-order valence-electron chi connectivity index (χ3n) is 1.72. The van der Waals surface area contributed by atoms with Gasteiger partial charge in [-0.3, -0.25) is 0 Å². The van der Waals surface area contributed by atoms with E-state index in [9.17, 15) is 13.6 Å². The van der Waals surface area contributed by atoms with Crippen LogP contribution in [0.15, 0.2) is 18.5 Å². The van der Waals surface area contributed by atoms with Crippen LogP contribution >= 0.6 is 0 Å². The van der Waals surface area contributed by atoms with E-state index < -0.39 is 17.6 Å². The third-order valence-corrected chi connectivity index (χ3v) is 1.72. The van der Waals surface area contributed by atoms with Crippen molar-refractivity contribution in [3.05, 3.63) is 35.8 Å². The molecule has 2 rings (SSSR count). The molecule has 0 atom stereocenters. The van der Waals surface area contributed by atoms with Crippen molar-refractivity contribution in [2.24, 2.45) is 0 Å². The van der Waals surface area contributed by atoms with Crippen LogP contribution < -0.4 is 0 Å². The van der Waals surface area contributed by atoms with E-state index in [4.69, 9.17) is 5.11 Å². The van der Waals surface area contributed by atoms with Gasteiger partial charge < -0.3 is 5.11 Å². The molecule has 0 aromatic carbocycles. The number of rotatable bonds is 2. The van der Waals surface area contributed by atoms with Crippen LogP contribution in [0.1, 0.15) is 10.5 Å². The van der Waals surface area contributed by atoms with Crippen LogP contribution in [0.3, 0.4) is 0 Å². The molecular weight excluding hydrogens is 222 g/mol. The molecule has 0 aliphatic rings. The van der Waals surface area contributed by atoms with Crippen LogP contribution in [0.4, 0.5) is 8.78 Å². The van der Waals surface area contributed by atoms with Crippen LogP contribution in [0.5, 0.6) is 0 Å². The Balaban J connectivity index is 2.46. The molecule has 0 amide bonds. The van der Waals surface area contributed by atoms with E-state index in [1.807, 2.05) is 0 Å². The number of carboxylic acid groups (broad SMARTS) is 1. The zero-order chi connectivity index (χ0) is 11.7. The second kappa shape index (κ2) is 3.65. The fourth-order valence-electron chi connectivity index (χ4n) is 1.04. The normalized spacial score (nSPS) is 10.4. The van der Waals surface area contributed by atoms with Gasteiger partial charge in [-0.15, -0.1) is 5.10 Å². The van der Waals surface area contributed by atoms with Crippen LogP contribution in [-0.4, -0.2) is 31.1 Å². The average molecular weight is 226 g/mol. The zero-order valence-electron chi connectivity index (χ0n) is 7.63. The van der Waals surface area contributed by atoms with Crippen molar-refractivity contribution in [3.8, 4) is 5.82 Å². The molecule has 1 N–H and O–H groups in total. The van der Waals surface area contributed by atoms with Crippen molar-refractivity contribution >= 4 is 5.97 Å². The topological polar surface area (TPSA) is 80.9 Å². The van der Waals surface area contributed by atoms with Gasteiger partial charge in [-0.1, -0.05) is 5.21 Å². The first-order valence-electron chi connectivity index (χ1n) is 4.05. The summed E-state index contributed by atoms with van der Waals surface area (Å²) in [6, 6.07) is 0.616. The number of aromatic nitrogens is 4. The SMILES string of the molecule is O=C(O)c1cn(-c2ncc(F)cc2F)nn1. The first-order chi connectivity index (χ1) is 7.58. The lowest BCUT2D eigenvalue weighted by Crippen LogP contribution is -2.02. The van der Waals surface area contributed by atoms with Gasteiger partial charge in [0, 0.05) is 6.07 Å². The highest BCUT2D eigenvalue weighted by atomic mass is 19.1. The first kappa shape index (κ1) is 10.1. The Hall–Kier alpha value is -2.38. The van der Waals surface area contributed by atoms with Crippen molar-refractivity contribution < 1.29 is 18.7 Å². The fourth-order valence-corrected chi connectivity index (χ4v) is 1.04. The fraction of sp³-hybridized carbons (Fsp3) is 0. The summed E-state index contributed by atoms with van der Waals surface area (Å²) in [7, 11) is 0. The number of carbonyl (C=O) groups is 1. The standard InChI is InChI=1S/C8H4F2N4O2/c9-4-1-5(10)7(11-2-4)14-3-6(8(15)16)12-13-14/h1-3H,(H,15,16). The molecule has 2 aromatic rings. The number of carboxylic acids is 1. The number of pyridine rings is 1. The molecule has 0 unspecified atom stereocenters. The maximum absolute atomic E-state index is 13.2. The molecule has 0 saturated heterocycles. The minimum atomic E-state index is -1.30. The number of hydrogen-bond acceptors (Lipinski definition) is 4. The smallest absolute Gasteiger partial charge is 0.358 e. The third kappa shape index (κ3) is 1.72. The zero-order valence-corrected chi connectivity index (χ0v) is 7.63. The lowest BCUT2D eigenvalue weighted by Gasteiger charge is -1.99. The number of aromatic carboxylic acids is 1. The van der Waals surface area contributed by atoms with Crippen LogP contribution in [0.2, 0.25) is 0 Å². The molecule has 8 heteroatoms. The molecule has 0 radical (unpaired) electrons. The second-order valence-electron chi connectivity index (χ2n) is 2.81. The highest BCUT2D eigenvalue weighted by Crippen LogP contribution is 2.10. The summed E-state index contributed by atoms with van der Waals surface area (Å²) in [4.78, 5) is 13.9. The van der Waals surface area contributed by atoms with Gasteiger partial charge in [0.2, 0.25) is 0 Å². The van der Waals surface area contributed by atoms with Crippen molar-refractivity contribution in [3.63, 3.8) is 0 Å². The lowest BCUT2D eigenvalue weighted by molar-refractivity contribution is 0.0690. The molecule has 0 bridgehead atoms. The van der Waals surface area contributed by atoms with Gasteiger partial charge in [0.15, 0.2) is 17.3 Å². The lowest BCUT2D eigenvalue weighted by atomic mass is 10.4. The van der Waals surface area contributed by atoms with Gasteiger partial charge in [0.1, 0.15) is 5.82 Å². The predicted molar refractivity (Wildman–Crippen MR) is 46.0 cm³/mol. The number of halogens is 2. The maximum atomic E-state index is 13.2. The predicted octanol–water partition coefficient (Wildman–Crippen LogP) is 0.639. The number of nitrogens with zero attached hydrogens (tertiary/aromatic N) is 4. The highest BCUT2D eigenvalue weighted by molar-refractivity contribution is 5.84. The Morgan fingerprint density at radius 3 is 2.75 bits per heavy atom. The Bertz CT molecular complexity index is 555. The average Bonchev–Trinajstić information content (AvgIpc) is 2.66. The minimum absolute atomic E-state index is 0.318. The van der Waals surface area contributed by atoms with Crippen molar-refractivity contribution in [1.29, 1.82) is 0 Å². The van der Waals surface area contributed by atoms with Gasteiger partial charge in [0.25, 0.3) is 0 Å². The van der Waals surface area contributed by atoms with E-state index >= 15 is 0 Å². The Morgan fingerprint density at radius 2 is 2.19 bits per heavy atom. The molecule has 82 valence electrons. The largest absolute Gasteiger partial charge is 0.476 e. The molecular formula is C8H4F2N4O2. The van der Waals surface area contributed by atoms with Crippen LogP contribution in [0, 0.1) is 11.6 Å². The van der Waals surface area contributed by atoms with Crippen molar-refractivity contribution in [2.75, 3.05) is 0 Å². The van der Waals surface area contributed by atoms with Crippen molar-refractivity contribution in [1.82, 2.24) is 20.0 Å². The summed E-state index contributed by atoms with van der Waals surface area (Å²) in [6.07, 6.45) is 1.77. The molecule has 2 heterocycles. The van der Waals surface area contributed by atoms with Gasteiger partial charge in [-0.2, -0.15) is 4.68 Å². The molecule has 16 heavy (non-hydrogen) atoms. The molecule has 2 aromatic heterocycles. The van der Waals surface area contributed by atoms with E-state index in [0.717, 1.165) is 17.1 Å². The molecule has 0 aliphatic carbocycles. The summed E-state index contributed by atoms with van der Waals surface area (Å²) in [5.74, 6) is -3.41. The van der Waals surface area contributed by atoms with Gasteiger partial charge in [0.05, 0.1) is 12.4 Å². The molecule has 0 aliphatic heterocycles. The second-order valence-corrected chi connectivity index (χ2v) is 2.81. The summed E-state index contributed by atoms with van der Waals surface area (Å²) < 4.78 is 26.6. The Labute approximate surface area is 87.2 Å². The van der Waals surface area contributed by atoms with E-state index in [-0.39, 0.29) is 11.5 Å². The van der Waals surface area contributed by atoms with E-state index in [2.05, 4.69) is 15.3 Å². The summed E-state index contributed by atoms with van der Waals surface area (Å²) in [6.45, 7) is 0. The summed E-state index contributed by atoms with van der Waals surface area (Å²) in [5, 5.41) is 15.2. The Morgan fingerprint density at radius 1 is 1.44 bits per heavy atom. The van der Waals surface area contributed by atoms with E-state index in [1.54, 1.807) is 0 Å². The molecule has 0 spiro atoms. The molecule has 0 saturated carbocycles. The highest BCUT2D eigenvalue weighted by Gasteiger charge is 2.13. The maximum Gasteiger partial charge on any atom is 0.358 e. The monoisotopic (exact) mass is 226 g/mol. The van der Waals surface area contributed by atoms with Gasteiger partial charge >= 0.3 is 5.97 Å². The Kier molecular flexibility index (Phi) is 2.31. The minimum Gasteiger partial charge on any atom is -0.476 e. The summed E-state index contributed by atoms with van der Waals surface area (Å²) >= 11 is 0. The quantitative estimate of drug-likeness (QED) is 0.812. The van der Waals surface area contributed by atoms with Crippen LogP contribution in [-0.2, 0) is 0 Å². The van der Waals surface area contributed by atoms with Crippen molar-refractivity contribution in [2.45, 2.75) is 0 Å². The summed E-state index contributed by atoms with van der Waals surface area (Å²) in [5.41, 5.74) is -0.356. The number of hydrogen-bond donors (Lipinski definition) is 1. The first-order valence-corrected chi connectivity index (χ1v) is 4.05. The van der Waals surface area contributed by atoms with E-state index in [1.165, 1.54) is 0 Å². The van der Waals surface area contributed by atoms with E-state index in [0.29, 0.717) is 6.07 Å². The van der Waals surface area contributed by atoms with Gasteiger partial charge in [-0.05, 0) is 0 Å². The van der Waals surface area contributed by atoms with Gasteiger partial charge in [-0.25, -0.2) is 18.6 Å².